The van der Waals surface area contributed by atoms with Gasteiger partial charge in [0.15, 0.2) is 0 Å². The molecule has 2 saturated heterocycles. The normalized spacial score (nSPS) is 20.0. The predicted molar refractivity (Wildman–Crippen MR) is 86.7 cm³/mol. The molecule has 2 fully saturated rings. The van der Waals surface area contributed by atoms with Crippen molar-refractivity contribution in [3.8, 4) is 0 Å². The Labute approximate surface area is 136 Å². The van der Waals surface area contributed by atoms with E-state index in [2.05, 4.69) is 9.88 Å². The molecule has 23 heavy (non-hydrogen) atoms. The zero-order chi connectivity index (χ0) is 16.4. The van der Waals surface area contributed by atoms with E-state index in [0.29, 0.717) is 39.3 Å². The van der Waals surface area contributed by atoms with Crippen LogP contribution in [-0.4, -0.2) is 67.8 Å². The molecule has 126 valence electrons. The Kier molecular flexibility index (Phi) is 4.54. The molecule has 0 radical (unpaired) electrons. The number of hydrogen-bond acceptors (Lipinski definition) is 5. The lowest BCUT2D eigenvalue weighted by atomic mass is 10.3. The first-order chi connectivity index (χ1) is 11.0. The van der Waals surface area contributed by atoms with Gasteiger partial charge in [-0.25, -0.2) is 13.4 Å². The Hall–Kier alpha value is -1.67. The van der Waals surface area contributed by atoms with Crippen LogP contribution in [0.3, 0.4) is 0 Å². The number of nitrogens with zero attached hydrogens (tertiary/aromatic N) is 4. The quantitative estimate of drug-likeness (QED) is 0.804. The zero-order valence-corrected chi connectivity index (χ0v) is 14.1. The lowest BCUT2D eigenvalue weighted by Gasteiger charge is -2.34. The summed E-state index contributed by atoms with van der Waals surface area (Å²) in [7, 11) is -3.41. The maximum Gasteiger partial charge on any atom is 0.244 e. The molecule has 0 aliphatic carbocycles. The van der Waals surface area contributed by atoms with Crippen LogP contribution < -0.4 is 4.90 Å². The Morgan fingerprint density at radius 3 is 2.22 bits per heavy atom. The van der Waals surface area contributed by atoms with E-state index in [1.807, 2.05) is 4.90 Å². The number of rotatable bonds is 3. The van der Waals surface area contributed by atoms with E-state index in [0.717, 1.165) is 18.7 Å². The fraction of sp³-hybridized carbons (Fsp3) is 0.600. The Morgan fingerprint density at radius 1 is 1.04 bits per heavy atom. The van der Waals surface area contributed by atoms with Gasteiger partial charge in [0, 0.05) is 52.4 Å². The number of amides is 1. The van der Waals surface area contributed by atoms with Crippen LogP contribution in [0.15, 0.2) is 23.2 Å². The molecule has 0 atom stereocenters. The Balaban J connectivity index is 1.69. The SMILES string of the molecule is CC(=O)N1CCN(c2ccc(S(=O)(=O)N3CCCC3)cn2)CC1. The van der Waals surface area contributed by atoms with Crippen molar-refractivity contribution in [3.63, 3.8) is 0 Å². The minimum atomic E-state index is -3.41. The monoisotopic (exact) mass is 338 g/mol. The summed E-state index contributed by atoms with van der Waals surface area (Å²) in [5.41, 5.74) is 0. The van der Waals surface area contributed by atoms with Crippen LogP contribution in [0.4, 0.5) is 5.82 Å². The average Bonchev–Trinajstić information content (AvgIpc) is 3.10. The van der Waals surface area contributed by atoms with Gasteiger partial charge in [0.2, 0.25) is 15.9 Å². The van der Waals surface area contributed by atoms with Crippen LogP contribution in [0.1, 0.15) is 19.8 Å². The minimum Gasteiger partial charge on any atom is -0.353 e. The van der Waals surface area contributed by atoms with Gasteiger partial charge < -0.3 is 9.80 Å². The highest BCUT2D eigenvalue weighted by Gasteiger charge is 2.27. The van der Waals surface area contributed by atoms with E-state index in [4.69, 9.17) is 0 Å². The van der Waals surface area contributed by atoms with Gasteiger partial charge in [-0.3, -0.25) is 4.79 Å². The number of carbonyl (C=O) groups excluding carboxylic acids is 1. The van der Waals surface area contributed by atoms with Crippen molar-refractivity contribution >= 4 is 21.7 Å². The number of hydrogen-bond donors (Lipinski definition) is 0. The highest BCUT2D eigenvalue weighted by molar-refractivity contribution is 7.89. The third-order valence-corrected chi connectivity index (χ3v) is 6.35. The van der Waals surface area contributed by atoms with Crippen LogP contribution in [0.25, 0.3) is 0 Å². The summed E-state index contributed by atoms with van der Waals surface area (Å²) >= 11 is 0. The number of sulfonamides is 1. The first-order valence-electron chi connectivity index (χ1n) is 7.95. The van der Waals surface area contributed by atoms with Gasteiger partial charge in [0.05, 0.1) is 0 Å². The molecule has 1 amide bonds. The molecule has 3 heterocycles. The molecule has 0 aromatic carbocycles. The van der Waals surface area contributed by atoms with Gasteiger partial charge in [0.25, 0.3) is 0 Å². The fourth-order valence-corrected chi connectivity index (χ4v) is 4.50. The predicted octanol–water partition coefficient (Wildman–Crippen LogP) is 0.535. The fourth-order valence-electron chi connectivity index (χ4n) is 3.04. The largest absolute Gasteiger partial charge is 0.353 e. The van der Waals surface area contributed by atoms with Gasteiger partial charge in [-0.05, 0) is 25.0 Å². The molecule has 0 N–H and O–H groups in total. The second kappa shape index (κ2) is 6.45. The summed E-state index contributed by atoms with van der Waals surface area (Å²) < 4.78 is 26.5. The molecule has 2 aliphatic heterocycles. The molecule has 3 rings (SSSR count). The standard InChI is InChI=1S/C15H22N4O3S/c1-13(20)17-8-10-18(11-9-17)15-5-4-14(12-16-15)23(21,22)19-6-2-3-7-19/h4-5,12H,2-3,6-11H2,1H3. The first kappa shape index (κ1) is 16.2. The van der Waals surface area contributed by atoms with E-state index in [1.54, 1.807) is 19.1 Å². The summed E-state index contributed by atoms with van der Waals surface area (Å²) in [5.74, 6) is 0.846. The number of piperazine rings is 1. The second-order valence-electron chi connectivity index (χ2n) is 5.96. The van der Waals surface area contributed by atoms with E-state index in [1.165, 1.54) is 10.5 Å². The van der Waals surface area contributed by atoms with Crippen LogP contribution in [0, 0.1) is 0 Å². The van der Waals surface area contributed by atoms with E-state index >= 15 is 0 Å². The van der Waals surface area contributed by atoms with Crippen molar-refractivity contribution in [2.75, 3.05) is 44.2 Å². The molecular formula is C15H22N4O3S. The molecule has 0 saturated carbocycles. The van der Waals surface area contributed by atoms with Gasteiger partial charge in [0.1, 0.15) is 10.7 Å². The van der Waals surface area contributed by atoms with E-state index in [9.17, 15) is 13.2 Å². The lowest BCUT2D eigenvalue weighted by molar-refractivity contribution is -0.129. The molecule has 0 unspecified atom stereocenters. The molecule has 1 aromatic rings. The molecule has 2 aliphatic rings. The van der Waals surface area contributed by atoms with Crippen molar-refractivity contribution < 1.29 is 13.2 Å². The lowest BCUT2D eigenvalue weighted by Crippen LogP contribution is -2.48. The second-order valence-corrected chi connectivity index (χ2v) is 7.89. The first-order valence-corrected chi connectivity index (χ1v) is 9.39. The van der Waals surface area contributed by atoms with Crippen LogP contribution in [0.2, 0.25) is 0 Å². The summed E-state index contributed by atoms with van der Waals surface area (Å²) in [4.78, 5) is 19.8. The van der Waals surface area contributed by atoms with E-state index < -0.39 is 10.0 Å². The van der Waals surface area contributed by atoms with Crippen molar-refractivity contribution in [1.29, 1.82) is 0 Å². The van der Waals surface area contributed by atoms with Crippen molar-refractivity contribution in [2.24, 2.45) is 0 Å². The number of pyridine rings is 1. The summed E-state index contributed by atoms with van der Waals surface area (Å²) in [6.07, 6.45) is 3.29. The van der Waals surface area contributed by atoms with E-state index in [-0.39, 0.29) is 10.8 Å². The molecule has 8 heteroatoms. The van der Waals surface area contributed by atoms with Crippen molar-refractivity contribution in [2.45, 2.75) is 24.7 Å². The van der Waals surface area contributed by atoms with Crippen molar-refractivity contribution in [1.82, 2.24) is 14.2 Å². The molecular weight excluding hydrogens is 316 g/mol. The molecule has 1 aromatic heterocycles. The van der Waals surface area contributed by atoms with Gasteiger partial charge in [-0.1, -0.05) is 0 Å². The third-order valence-electron chi connectivity index (χ3n) is 4.47. The maximum absolute atomic E-state index is 12.5. The van der Waals surface area contributed by atoms with Gasteiger partial charge in [-0.15, -0.1) is 0 Å². The smallest absolute Gasteiger partial charge is 0.244 e. The number of carbonyl (C=O) groups is 1. The van der Waals surface area contributed by atoms with Gasteiger partial charge in [-0.2, -0.15) is 4.31 Å². The third kappa shape index (κ3) is 3.32. The van der Waals surface area contributed by atoms with Crippen LogP contribution in [0.5, 0.6) is 0 Å². The van der Waals surface area contributed by atoms with Crippen LogP contribution >= 0.6 is 0 Å². The number of aromatic nitrogens is 1. The summed E-state index contributed by atoms with van der Waals surface area (Å²) in [6.45, 7) is 5.53. The Morgan fingerprint density at radius 2 is 1.70 bits per heavy atom. The highest BCUT2D eigenvalue weighted by atomic mass is 32.2. The molecule has 0 bridgehead atoms. The average molecular weight is 338 g/mol. The Bertz CT molecular complexity index is 660. The molecule has 7 nitrogen and oxygen atoms in total. The highest BCUT2D eigenvalue weighted by Crippen LogP contribution is 2.22. The minimum absolute atomic E-state index is 0.0877. The van der Waals surface area contributed by atoms with Gasteiger partial charge >= 0.3 is 0 Å². The zero-order valence-electron chi connectivity index (χ0n) is 13.3. The molecule has 0 spiro atoms. The summed E-state index contributed by atoms with van der Waals surface area (Å²) in [6, 6.07) is 3.39. The van der Waals surface area contributed by atoms with Crippen LogP contribution in [-0.2, 0) is 14.8 Å². The topological polar surface area (TPSA) is 73.8 Å². The number of anilines is 1. The van der Waals surface area contributed by atoms with Crippen molar-refractivity contribution in [3.05, 3.63) is 18.3 Å². The maximum atomic E-state index is 12.5. The summed E-state index contributed by atoms with van der Waals surface area (Å²) in [5, 5.41) is 0.